The van der Waals surface area contributed by atoms with Crippen molar-refractivity contribution in [2.45, 2.75) is 51.7 Å². The largest absolute Gasteiger partial charge is 0.381 e. The lowest BCUT2D eigenvalue weighted by Crippen LogP contribution is -2.29. The molecule has 8 heteroatoms. The molecule has 168 valence electrons. The number of benzene rings is 1. The topological polar surface area (TPSA) is 92.1 Å². The van der Waals surface area contributed by atoms with Gasteiger partial charge >= 0.3 is 0 Å². The summed E-state index contributed by atoms with van der Waals surface area (Å²) in [6.45, 7) is 3.13. The SMILES string of the molecule is CCn1ncc2c(NC3CCC(=O)CC3)c(C(=O)NCc3ccc(N(C)C)cc3)cnc21. The zero-order chi connectivity index (χ0) is 22.7. The number of hydrogen-bond donors (Lipinski definition) is 2. The monoisotopic (exact) mass is 434 g/mol. The second-order valence-corrected chi connectivity index (χ2v) is 8.45. The first-order valence-electron chi connectivity index (χ1n) is 11.1. The fourth-order valence-electron chi connectivity index (χ4n) is 4.06. The van der Waals surface area contributed by atoms with E-state index in [2.05, 4.69) is 20.7 Å². The predicted octanol–water partition coefficient (Wildman–Crippen LogP) is 3.37. The number of nitrogens with one attached hydrogen (secondary N) is 2. The van der Waals surface area contributed by atoms with Crippen molar-refractivity contribution in [3.05, 3.63) is 47.8 Å². The summed E-state index contributed by atoms with van der Waals surface area (Å²) in [5, 5.41) is 11.8. The maximum Gasteiger partial charge on any atom is 0.255 e. The Morgan fingerprint density at radius 1 is 1.16 bits per heavy atom. The molecule has 1 saturated carbocycles. The number of anilines is 2. The number of aromatic nitrogens is 3. The third kappa shape index (κ3) is 4.59. The van der Waals surface area contributed by atoms with Gasteiger partial charge in [-0.1, -0.05) is 12.1 Å². The highest BCUT2D eigenvalue weighted by atomic mass is 16.1. The van der Waals surface area contributed by atoms with E-state index in [0.29, 0.717) is 37.3 Å². The van der Waals surface area contributed by atoms with Crippen LogP contribution < -0.4 is 15.5 Å². The molecular weight excluding hydrogens is 404 g/mol. The van der Waals surface area contributed by atoms with E-state index in [0.717, 1.165) is 40.8 Å². The van der Waals surface area contributed by atoms with Gasteiger partial charge < -0.3 is 15.5 Å². The maximum atomic E-state index is 13.1. The first-order valence-corrected chi connectivity index (χ1v) is 11.1. The summed E-state index contributed by atoms with van der Waals surface area (Å²) < 4.78 is 1.82. The number of amides is 1. The molecule has 0 aliphatic heterocycles. The Bertz CT molecular complexity index is 1110. The molecule has 2 N–H and O–H groups in total. The van der Waals surface area contributed by atoms with Crippen molar-refractivity contribution in [2.24, 2.45) is 0 Å². The fraction of sp³-hybridized carbons (Fsp3) is 0.417. The molecule has 2 aromatic heterocycles. The zero-order valence-electron chi connectivity index (χ0n) is 18.9. The van der Waals surface area contributed by atoms with E-state index in [1.165, 1.54) is 0 Å². The van der Waals surface area contributed by atoms with Gasteiger partial charge in [-0.25, -0.2) is 9.67 Å². The van der Waals surface area contributed by atoms with E-state index in [9.17, 15) is 9.59 Å². The van der Waals surface area contributed by atoms with Gasteiger partial charge in [-0.15, -0.1) is 0 Å². The summed E-state index contributed by atoms with van der Waals surface area (Å²) >= 11 is 0. The van der Waals surface area contributed by atoms with Crippen molar-refractivity contribution in [1.82, 2.24) is 20.1 Å². The van der Waals surface area contributed by atoms with Crippen molar-refractivity contribution in [3.8, 4) is 0 Å². The minimum atomic E-state index is -0.185. The van der Waals surface area contributed by atoms with Crippen LogP contribution in [0.4, 0.5) is 11.4 Å². The first-order chi connectivity index (χ1) is 15.5. The van der Waals surface area contributed by atoms with E-state index in [-0.39, 0.29) is 11.9 Å². The summed E-state index contributed by atoms with van der Waals surface area (Å²) in [7, 11) is 3.99. The summed E-state index contributed by atoms with van der Waals surface area (Å²) in [5.74, 6) is 0.120. The van der Waals surface area contributed by atoms with Gasteiger partial charge in [0.2, 0.25) is 0 Å². The highest BCUT2D eigenvalue weighted by molar-refractivity contribution is 6.06. The van der Waals surface area contributed by atoms with Crippen LogP contribution in [0.3, 0.4) is 0 Å². The summed E-state index contributed by atoms with van der Waals surface area (Å²) in [4.78, 5) is 31.4. The van der Waals surface area contributed by atoms with E-state index in [1.807, 2.05) is 54.9 Å². The lowest BCUT2D eigenvalue weighted by Gasteiger charge is -2.25. The molecule has 0 atom stereocenters. The van der Waals surface area contributed by atoms with Crippen LogP contribution in [0.15, 0.2) is 36.7 Å². The van der Waals surface area contributed by atoms with E-state index < -0.39 is 0 Å². The molecule has 1 aliphatic carbocycles. The van der Waals surface area contributed by atoms with Crippen molar-refractivity contribution in [1.29, 1.82) is 0 Å². The van der Waals surface area contributed by atoms with E-state index in [1.54, 1.807) is 12.4 Å². The highest BCUT2D eigenvalue weighted by Crippen LogP contribution is 2.29. The molecule has 1 aliphatic rings. The Morgan fingerprint density at radius 3 is 2.53 bits per heavy atom. The number of Topliss-reactive ketones (excluding diaryl/α,β-unsaturated/α-hetero) is 1. The van der Waals surface area contributed by atoms with Crippen molar-refractivity contribution < 1.29 is 9.59 Å². The molecule has 0 unspecified atom stereocenters. The van der Waals surface area contributed by atoms with Crippen LogP contribution in [-0.4, -0.2) is 46.6 Å². The van der Waals surface area contributed by atoms with Crippen LogP contribution in [-0.2, 0) is 17.9 Å². The lowest BCUT2D eigenvalue weighted by molar-refractivity contribution is -0.120. The molecule has 4 rings (SSSR count). The lowest BCUT2D eigenvalue weighted by atomic mass is 9.94. The van der Waals surface area contributed by atoms with Gasteiger partial charge in [0.15, 0.2) is 5.65 Å². The molecule has 1 amide bonds. The molecule has 0 saturated heterocycles. The molecule has 0 spiro atoms. The summed E-state index contributed by atoms with van der Waals surface area (Å²) in [6.07, 6.45) is 6.07. The normalized spacial score (nSPS) is 14.5. The Morgan fingerprint density at radius 2 is 1.88 bits per heavy atom. The molecule has 1 fully saturated rings. The quantitative estimate of drug-likeness (QED) is 0.592. The van der Waals surface area contributed by atoms with Crippen molar-refractivity contribution >= 4 is 34.1 Å². The summed E-state index contributed by atoms with van der Waals surface area (Å²) in [5.41, 5.74) is 4.12. The van der Waals surface area contributed by atoms with E-state index >= 15 is 0 Å². The molecule has 3 aromatic rings. The Labute approximate surface area is 188 Å². The number of hydrogen-bond acceptors (Lipinski definition) is 6. The number of nitrogens with zero attached hydrogens (tertiary/aromatic N) is 4. The standard InChI is InChI=1S/C24H30N6O2/c1-4-30-23-20(15-27-30)22(28-17-7-11-19(31)12-8-17)21(14-25-23)24(32)26-13-16-5-9-18(10-6-16)29(2)3/h5-6,9-10,14-15,17H,4,7-8,11-13H2,1-3H3,(H,25,28)(H,26,32). The number of fused-ring (bicyclic) bond motifs is 1. The minimum Gasteiger partial charge on any atom is -0.381 e. The first kappa shape index (κ1) is 21.8. The summed E-state index contributed by atoms with van der Waals surface area (Å²) in [6, 6.07) is 8.24. The van der Waals surface area contributed by atoms with Gasteiger partial charge in [-0.05, 0) is 37.5 Å². The number of ketones is 1. The zero-order valence-corrected chi connectivity index (χ0v) is 18.9. The molecular formula is C24H30N6O2. The third-order valence-corrected chi connectivity index (χ3v) is 6.01. The fourth-order valence-corrected chi connectivity index (χ4v) is 4.06. The predicted molar refractivity (Wildman–Crippen MR) is 126 cm³/mol. The number of rotatable bonds is 7. The number of carbonyl (C=O) groups excluding carboxylic acids is 2. The Balaban J connectivity index is 1.57. The van der Waals surface area contributed by atoms with Gasteiger partial charge in [0, 0.05) is 58.0 Å². The number of pyridine rings is 1. The van der Waals surface area contributed by atoms with Crippen LogP contribution in [0.5, 0.6) is 0 Å². The Hall–Kier alpha value is -3.42. The van der Waals surface area contributed by atoms with Crippen molar-refractivity contribution in [2.75, 3.05) is 24.3 Å². The van der Waals surface area contributed by atoms with Crippen LogP contribution in [0.25, 0.3) is 11.0 Å². The smallest absolute Gasteiger partial charge is 0.255 e. The van der Waals surface area contributed by atoms with Gasteiger partial charge in [-0.3, -0.25) is 9.59 Å². The molecule has 0 bridgehead atoms. The Kier molecular flexibility index (Phi) is 6.39. The van der Waals surface area contributed by atoms with Crippen molar-refractivity contribution in [3.63, 3.8) is 0 Å². The van der Waals surface area contributed by atoms with Crippen LogP contribution in [0, 0.1) is 0 Å². The number of aryl methyl sites for hydroxylation is 1. The average molecular weight is 435 g/mol. The molecule has 1 aromatic carbocycles. The van der Waals surface area contributed by atoms with E-state index in [4.69, 9.17) is 0 Å². The second kappa shape index (κ2) is 9.38. The second-order valence-electron chi connectivity index (χ2n) is 8.45. The number of carbonyl (C=O) groups is 2. The van der Waals surface area contributed by atoms with Gasteiger partial charge in [-0.2, -0.15) is 5.10 Å². The van der Waals surface area contributed by atoms with Crippen LogP contribution in [0.1, 0.15) is 48.5 Å². The van der Waals surface area contributed by atoms with Crippen LogP contribution >= 0.6 is 0 Å². The van der Waals surface area contributed by atoms with Gasteiger partial charge in [0.25, 0.3) is 5.91 Å². The van der Waals surface area contributed by atoms with Gasteiger partial charge in [0.05, 0.1) is 22.8 Å². The third-order valence-electron chi connectivity index (χ3n) is 6.01. The maximum absolute atomic E-state index is 13.1. The average Bonchev–Trinajstić information content (AvgIpc) is 3.23. The van der Waals surface area contributed by atoms with Gasteiger partial charge in [0.1, 0.15) is 5.78 Å². The molecule has 2 heterocycles. The molecule has 0 radical (unpaired) electrons. The highest BCUT2D eigenvalue weighted by Gasteiger charge is 2.23. The molecule has 32 heavy (non-hydrogen) atoms. The minimum absolute atomic E-state index is 0.147. The molecule has 8 nitrogen and oxygen atoms in total. The van der Waals surface area contributed by atoms with Crippen LogP contribution in [0.2, 0.25) is 0 Å².